The van der Waals surface area contributed by atoms with Gasteiger partial charge >= 0.3 is 0 Å². The lowest BCUT2D eigenvalue weighted by atomic mass is 10.1. The number of hydrogen-bond acceptors (Lipinski definition) is 4. The zero-order chi connectivity index (χ0) is 22.2. The first kappa shape index (κ1) is 21.3. The second-order valence-corrected chi connectivity index (χ2v) is 9.75. The van der Waals surface area contributed by atoms with Gasteiger partial charge in [0.15, 0.2) is 0 Å². The molecule has 6 nitrogen and oxygen atoms in total. The number of rotatable bonds is 2. The van der Waals surface area contributed by atoms with E-state index in [1.807, 2.05) is 79.1 Å². The predicted octanol–water partition coefficient (Wildman–Crippen LogP) is 3.62. The molecule has 1 saturated heterocycles. The van der Waals surface area contributed by atoms with Crippen molar-refractivity contribution in [2.24, 2.45) is 4.40 Å². The molecule has 2 aromatic rings. The van der Waals surface area contributed by atoms with Gasteiger partial charge in [-0.25, -0.2) is 0 Å². The number of carbonyl (C=O) groups is 1. The van der Waals surface area contributed by atoms with E-state index in [9.17, 15) is 13.2 Å². The first-order valence-corrected chi connectivity index (χ1v) is 11.9. The van der Waals surface area contributed by atoms with E-state index in [1.54, 1.807) is 0 Å². The van der Waals surface area contributed by atoms with Gasteiger partial charge in [0.2, 0.25) is 0 Å². The molecule has 1 amide bonds. The van der Waals surface area contributed by atoms with Crippen LogP contribution in [0, 0.1) is 13.8 Å². The number of sulfonamides is 1. The van der Waals surface area contributed by atoms with Crippen molar-refractivity contribution in [2.75, 3.05) is 26.2 Å². The lowest BCUT2D eigenvalue weighted by Crippen LogP contribution is -2.37. The van der Waals surface area contributed by atoms with Crippen LogP contribution in [0.2, 0.25) is 0 Å². The van der Waals surface area contributed by atoms with E-state index in [0.717, 1.165) is 17.5 Å². The molecule has 2 heterocycles. The molecule has 4 rings (SSSR count). The van der Waals surface area contributed by atoms with Crippen LogP contribution in [0.4, 0.5) is 0 Å². The molecule has 0 aromatic heterocycles. The first-order chi connectivity index (χ1) is 14.8. The summed E-state index contributed by atoms with van der Waals surface area (Å²) >= 11 is 0. The normalized spacial score (nSPS) is 18.7. The maximum absolute atomic E-state index is 12.9. The summed E-state index contributed by atoms with van der Waals surface area (Å²) in [5, 5.41) is 0. The van der Waals surface area contributed by atoms with E-state index in [4.69, 9.17) is 0 Å². The Bertz CT molecular complexity index is 1180. The van der Waals surface area contributed by atoms with E-state index in [1.165, 1.54) is 0 Å². The monoisotopic (exact) mass is 437 g/mol. The summed E-state index contributed by atoms with van der Waals surface area (Å²) in [5.74, 6) is 0.513. The molecule has 0 atom stereocenters. The lowest BCUT2D eigenvalue weighted by molar-refractivity contribution is 0.0764. The number of benzene rings is 2. The van der Waals surface area contributed by atoms with Crippen molar-refractivity contribution in [1.29, 1.82) is 0 Å². The lowest BCUT2D eigenvalue weighted by Gasteiger charge is -2.24. The largest absolute Gasteiger partial charge is 0.354 e. The van der Waals surface area contributed by atoms with Crippen LogP contribution in [-0.2, 0) is 10.0 Å². The van der Waals surface area contributed by atoms with Gasteiger partial charge in [0.1, 0.15) is 10.7 Å². The summed E-state index contributed by atoms with van der Waals surface area (Å²) in [6.07, 6.45) is 0.754. The fourth-order valence-electron chi connectivity index (χ4n) is 4.18. The van der Waals surface area contributed by atoms with Crippen LogP contribution < -0.4 is 0 Å². The third-order valence-electron chi connectivity index (χ3n) is 5.80. The molecule has 0 bridgehead atoms. The number of amidine groups is 1. The van der Waals surface area contributed by atoms with Crippen molar-refractivity contribution in [1.82, 2.24) is 9.80 Å². The van der Waals surface area contributed by atoms with Crippen LogP contribution in [0.1, 0.15) is 40.4 Å². The highest BCUT2D eigenvalue weighted by Gasteiger charge is 2.34. The van der Waals surface area contributed by atoms with E-state index >= 15 is 0 Å². The summed E-state index contributed by atoms with van der Waals surface area (Å²) in [7, 11) is -3.74. The molecule has 0 aliphatic carbocycles. The number of carbonyl (C=O) groups excluding carboxylic acids is 1. The van der Waals surface area contributed by atoms with E-state index in [0.29, 0.717) is 48.7 Å². The van der Waals surface area contributed by atoms with Gasteiger partial charge in [0, 0.05) is 37.3 Å². The Morgan fingerprint density at radius 2 is 1.65 bits per heavy atom. The fraction of sp³-hybridized carbons (Fsp3) is 0.333. The molecule has 31 heavy (non-hydrogen) atoms. The quantitative estimate of drug-likeness (QED) is 0.720. The summed E-state index contributed by atoms with van der Waals surface area (Å²) in [4.78, 5) is 17.1. The van der Waals surface area contributed by atoms with Gasteiger partial charge < -0.3 is 9.80 Å². The van der Waals surface area contributed by atoms with Crippen LogP contribution in [0.5, 0.6) is 0 Å². The molecule has 162 valence electrons. The Kier molecular flexibility index (Phi) is 5.71. The summed E-state index contributed by atoms with van der Waals surface area (Å²) < 4.78 is 29.8. The van der Waals surface area contributed by atoms with Crippen molar-refractivity contribution < 1.29 is 13.2 Å². The van der Waals surface area contributed by atoms with E-state index < -0.39 is 10.0 Å². The average molecular weight is 438 g/mol. The summed E-state index contributed by atoms with van der Waals surface area (Å²) in [6.45, 7) is 8.13. The Labute approximate surface area is 184 Å². The van der Waals surface area contributed by atoms with E-state index in [2.05, 4.69) is 4.40 Å². The molecule has 0 N–H and O–H groups in total. The third-order valence-corrected chi connectivity index (χ3v) is 7.27. The smallest absolute Gasteiger partial charge is 0.285 e. The molecule has 0 saturated carbocycles. The molecular weight excluding hydrogens is 410 g/mol. The van der Waals surface area contributed by atoms with Gasteiger partial charge in [-0.3, -0.25) is 4.79 Å². The SMILES string of the molecule is CC1=C(c2ccc(C)cc2)S(=O)(=O)N=C1N1CCCN(C(=O)c2cccc(C)c2)CC1. The van der Waals surface area contributed by atoms with Crippen LogP contribution in [0.15, 0.2) is 58.5 Å². The average Bonchev–Trinajstić information content (AvgIpc) is 2.89. The first-order valence-electron chi connectivity index (χ1n) is 10.5. The minimum atomic E-state index is -3.74. The number of amides is 1. The second kappa shape index (κ2) is 8.30. The van der Waals surface area contributed by atoms with Gasteiger partial charge in [0.25, 0.3) is 15.9 Å². The highest BCUT2D eigenvalue weighted by atomic mass is 32.2. The maximum Gasteiger partial charge on any atom is 0.285 e. The van der Waals surface area contributed by atoms with Gasteiger partial charge in [-0.05, 0) is 44.9 Å². The fourth-order valence-corrected chi connectivity index (χ4v) is 5.66. The minimum absolute atomic E-state index is 0.0131. The molecule has 1 fully saturated rings. The summed E-state index contributed by atoms with van der Waals surface area (Å²) in [5.41, 5.74) is 4.14. The Morgan fingerprint density at radius 3 is 2.35 bits per heavy atom. The predicted molar refractivity (Wildman–Crippen MR) is 123 cm³/mol. The zero-order valence-corrected chi connectivity index (χ0v) is 18.9. The van der Waals surface area contributed by atoms with Gasteiger partial charge in [-0.15, -0.1) is 4.40 Å². The van der Waals surface area contributed by atoms with E-state index in [-0.39, 0.29) is 10.8 Å². The molecule has 0 spiro atoms. The third kappa shape index (κ3) is 4.28. The number of hydrogen-bond donors (Lipinski definition) is 0. The molecule has 2 aromatic carbocycles. The summed E-state index contributed by atoms with van der Waals surface area (Å²) in [6, 6.07) is 15.1. The van der Waals surface area contributed by atoms with Gasteiger partial charge in [0.05, 0.1) is 0 Å². The number of aryl methyl sites for hydroxylation is 2. The Balaban J connectivity index is 1.55. The van der Waals surface area contributed by atoms with Crippen LogP contribution in [0.3, 0.4) is 0 Å². The van der Waals surface area contributed by atoms with Crippen molar-refractivity contribution >= 4 is 26.7 Å². The highest BCUT2D eigenvalue weighted by Crippen LogP contribution is 2.34. The zero-order valence-electron chi connectivity index (χ0n) is 18.1. The molecule has 0 radical (unpaired) electrons. The molecule has 2 aliphatic rings. The van der Waals surface area contributed by atoms with Crippen molar-refractivity contribution in [3.8, 4) is 0 Å². The van der Waals surface area contributed by atoms with Crippen LogP contribution in [0.25, 0.3) is 4.91 Å². The molecule has 2 aliphatic heterocycles. The molecule has 7 heteroatoms. The van der Waals surface area contributed by atoms with Crippen molar-refractivity contribution in [2.45, 2.75) is 27.2 Å². The van der Waals surface area contributed by atoms with Crippen LogP contribution >= 0.6 is 0 Å². The molecular formula is C24H27N3O3S. The van der Waals surface area contributed by atoms with Crippen molar-refractivity contribution in [3.05, 3.63) is 76.4 Å². The Hall–Kier alpha value is -2.93. The number of nitrogens with zero attached hydrogens (tertiary/aromatic N) is 3. The molecule has 0 unspecified atom stereocenters. The maximum atomic E-state index is 12.9. The standard InChI is InChI=1S/C24H27N3O3S/c1-17-8-10-20(11-9-17)22-19(3)23(25-31(22,29)30)26-12-5-13-27(15-14-26)24(28)21-7-4-6-18(2)16-21/h4,6-11,16H,5,12-15H2,1-3H3. The Morgan fingerprint density at radius 1 is 0.903 bits per heavy atom. The topological polar surface area (TPSA) is 70.1 Å². The van der Waals surface area contributed by atoms with Crippen LogP contribution in [-0.4, -0.2) is 56.1 Å². The highest BCUT2D eigenvalue weighted by molar-refractivity contribution is 8.00. The van der Waals surface area contributed by atoms with Gasteiger partial charge in [-0.2, -0.15) is 8.42 Å². The van der Waals surface area contributed by atoms with Gasteiger partial charge in [-0.1, -0.05) is 47.5 Å². The second-order valence-electron chi connectivity index (χ2n) is 8.21. The minimum Gasteiger partial charge on any atom is -0.354 e. The van der Waals surface area contributed by atoms with Crippen molar-refractivity contribution in [3.63, 3.8) is 0 Å².